The molecule has 154 valence electrons. The summed E-state index contributed by atoms with van der Waals surface area (Å²) in [7, 11) is 0. The Hall–Kier alpha value is -3.53. The lowest BCUT2D eigenvalue weighted by Crippen LogP contribution is -2.36. The number of anilines is 1. The van der Waals surface area contributed by atoms with E-state index < -0.39 is 0 Å². The zero-order valence-corrected chi connectivity index (χ0v) is 16.5. The van der Waals surface area contributed by atoms with Crippen LogP contribution in [0.2, 0.25) is 0 Å². The van der Waals surface area contributed by atoms with Crippen LogP contribution in [0.4, 0.5) is 5.82 Å². The second-order valence-corrected chi connectivity index (χ2v) is 7.10. The highest BCUT2D eigenvalue weighted by Gasteiger charge is 2.18. The van der Waals surface area contributed by atoms with Crippen molar-refractivity contribution < 1.29 is 13.9 Å². The minimum atomic E-state index is -0.286. The predicted molar refractivity (Wildman–Crippen MR) is 109 cm³/mol. The second kappa shape index (κ2) is 7.71. The fourth-order valence-corrected chi connectivity index (χ4v) is 3.57. The molecule has 1 fully saturated rings. The van der Waals surface area contributed by atoms with E-state index in [1.807, 2.05) is 19.1 Å². The molecule has 1 aliphatic heterocycles. The quantitative estimate of drug-likeness (QED) is 0.530. The zero-order chi connectivity index (χ0) is 20.5. The molecule has 1 amide bonds. The molecule has 0 atom stereocenters. The van der Waals surface area contributed by atoms with E-state index in [1.165, 1.54) is 0 Å². The zero-order valence-electron chi connectivity index (χ0n) is 16.5. The maximum absolute atomic E-state index is 12.4. The number of nitrogens with zero attached hydrogens (tertiary/aromatic N) is 6. The van der Waals surface area contributed by atoms with Crippen molar-refractivity contribution in [2.24, 2.45) is 0 Å². The van der Waals surface area contributed by atoms with E-state index >= 15 is 0 Å². The van der Waals surface area contributed by atoms with Gasteiger partial charge >= 0.3 is 0 Å². The van der Waals surface area contributed by atoms with Gasteiger partial charge in [0.15, 0.2) is 17.0 Å². The fraction of sp³-hybridized carbons (Fsp3) is 0.350. The maximum Gasteiger partial charge on any atom is 0.287 e. The Bertz CT molecular complexity index is 1210. The van der Waals surface area contributed by atoms with E-state index in [1.54, 1.807) is 23.3 Å². The van der Waals surface area contributed by atoms with E-state index in [-0.39, 0.29) is 11.7 Å². The summed E-state index contributed by atoms with van der Waals surface area (Å²) in [5, 5.41) is 8.19. The molecule has 10 nitrogen and oxygen atoms in total. The largest absolute Gasteiger partial charge is 0.449 e. The number of hydrogen-bond donors (Lipinski definition) is 1. The lowest BCUT2D eigenvalue weighted by Gasteiger charge is -2.27. The van der Waals surface area contributed by atoms with Crippen LogP contribution in [0.1, 0.15) is 16.2 Å². The third kappa shape index (κ3) is 3.45. The molecular formula is C20H21N7O3. The van der Waals surface area contributed by atoms with Crippen LogP contribution in [0, 0.1) is 6.92 Å². The number of carbonyl (C=O) groups is 1. The number of pyridine rings is 1. The molecular weight excluding hydrogens is 386 g/mol. The Morgan fingerprint density at radius 1 is 1.23 bits per heavy atom. The number of rotatable bonds is 5. The molecule has 0 bridgehead atoms. The van der Waals surface area contributed by atoms with Gasteiger partial charge in [0, 0.05) is 31.4 Å². The third-order valence-corrected chi connectivity index (χ3v) is 5.07. The van der Waals surface area contributed by atoms with Gasteiger partial charge < -0.3 is 19.4 Å². The molecule has 0 radical (unpaired) electrons. The molecule has 10 heteroatoms. The molecule has 0 aliphatic carbocycles. The summed E-state index contributed by atoms with van der Waals surface area (Å²) in [5.74, 6) is 0.819. The van der Waals surface area contributed by atoms with Gasteiger partial charge in [0.25, 0.3) is 5.91 Å². The summed E-state index contributed by atoms with van der Waals surface area (Å²) >= 11 is 0. The Morgan fingerprint density at radius 3 is 2.97 bits per heavy atom. The van der Waals surface area contributed by atoms with Crippen LogP contribution >= 0.6 is 0 Å². The minimum Gasteiger partial charge on any atom is -0.449 e. The van der Waals surface area contributed by atoms with Crippen molar-refractivity contribution in [1.29, 1.82) is 0 Å². The molecule has 0 aromatic carbocycles. The Labute approximate surface area is 171 Å². The van der Waals surface area contributed by atoms with Crippen molar-refractivity contribution >= 4 is 33.9 Å². The van der Waals surface area contributed by atoms with Gasteiger partial charge in [-0.2, -0.15) is 5.10 Å². The molecule has 0 saturated carbocycles. The number of aryl methyl sites for hydroxylation is 1. The van der Waals surface area contributed by atoms with E-state index in [9.17, 15) is 4.79 Å². The van der Waals surface area contributed by atoms with Gasteiger partial charge in [0.05, 0.1) is 31.3 Å². The molecule has 1 N–H and O–H groups in total. The number of aromatic nitrogens is 5. The molecule has 4 aromatic rings. The van der Waals surface area contributed by atoms with Gasteiger partial charge in [-0.1, -0.05) is 0 Å². The standard InChI is InChI=1S/C20H21N7O3/c1-13-2-3-16-15(25-13)10-17(30-16)20(28)21-4-5-27-19-14(11-24-27)18(22-12-23-19)26-6-8-29-9-7-26/h2-3,10-12H,4-9H2,1H3,(H,21,28). The van der Waals surface area contributed by atoms with E-state index in [0.717, 1.165) is 35.6 Å². The summed E-state index contributed by atoms with van der Waals surface area (Å²) in [5.41, 5.74) is 2.88. The second-order valence-electron chi connectivity index (χ2n) is 7.10. The monoisotopic (exact) mass is 407 g/mol. The number of carbonyl (C=O) groups excluding carboxylic acids is 1. The van der Waals surface area contributed by atoms with E-state index in [2.05, 4.69) is 30.3 Å². The highest BCUT2D eigenvalue weighted by atomic mass is 16.5. The van der Waals surface area contributed by atoms with Crippen molar-refractivity contribution in [3.63, 3.8) is 0 Å². The number of ether oxygens (including phenoxy) is 1. The SMILES string of the molecule is Cc1ccc2oc(C(=O)NCCn3ncc4c(N5CCOCC5)ncnc43)cc2n1. The minimum absolute atomic E-state index is 0.241. The van der Waals surface area contributed by atoms with Crippen LogP contribution in [0.3, 0.4) is 0 Å². The lowest BCUT2D eigenvalue weighted by atomic mass is 10.3. The number of fused-ring (bicyclic) bond motifs is 2. The summed E-state index contributed by atoms with van der Waals surface area (Å²) in [6, 6.07) is 5.32. The first kappa shape index (κ1) is 18.5. The normalized spacial score (nSPS) is 14.5. The molecule has 5 heterocycles. The summed E-state index contributed by atoms with van der Waals surface area (Å²) in [6.07, 6.45) is 3.32. The summed E-state index contributed by atoms with van der Waals surface area (Å²) < 4.78 is 12.8. The van der Waals surface area contributed by atoms with Gasteiger partial charge in [-0.05, 0) is 19.1 Å². The highest BCUT2D eigenvalue weighted by Crippen LogP contribution is 2.23. The van der Waals surface area contributed by atoms with Crippen molar-refractivity contribution in [3.05, 3.63) is 42.2 Å². The Morgan fingerprint density at radius 2 is 2.10 bits per heavy atom. The van der Waals surface area contributed by atoms with Gasteiger partial charge in [0.2, 0.25) is 0 Å². The number of furan rings is 1. The number of amides is 1. The molecule has 1 saturated heterocycles. The van der Waals surface area contributed by atoms with Gasteiger partial charge in [-0.3, -0.25) is 4.79 Å². The molecule has 5 rings (SSSR count). The van der Waals surface area contributed by atoms with Crippen LogP contribution in [0.5, 0.6) is 0 Å². The van der Waals surface area contributed by atoms with Crippen molar-refractivity contribution in [2.75, 3.05) is 37.7 Å². The van der Waals surface area contributed by atoms with Crippen molar-refractivity contribution in [2.45, 2.75) is 13.5 Å². The molecule has 0 spiro atoms. The van der Waals surface area contributed by atoms with Crippen molar-refractivity contribution in [1.82, 2.24) is 30.0 Å². The van der Waals surface area contributed by atoms with E-state index in [4.69, 9.17) is 9.15 Å². The van der Waals surface area contributed by atoms with Gasteiger partial charge in [-0.15, -0.1) is 0 Å². The van der Waals surface area contributed by atoms with Crippen LogP contribution in [0.25, 0.3) is 22.1 Å². The van der Waals surface area contributed by atoms with Crippen molar-refractivity contribution in [3.8, 4) is 0 Å². The predicted octanol–water partition coefficient (Wildman–Crippen LogP) is 1.54. The summed E-state index contributed by atoms with van der Waals surface area (Å²) in [6.45, 7) is 5.71. The Kier molecular flexibility index (Phi) is 4.75. The number of morpholine rings is 1. The summed E-state index contributed by atoms with van der Waals surface area (Å²) in [4.78, 5) is 27.8. The van der Waals surface area contributed by atoms with Crippen LogP contribution in [-0.2, 0) is 11.3 Å². The third-order valence-electron chi connectivity index (χ3n) is 5.07. The smallest absolute Gasteiger partial charge is 0.287 e. The Balaban J connectivity index is 1.27. The van der Waals surface area contributed by atoms with Gasteiger partial charge in [0.1, 0.15) is 17.7 Å². The average Bonchev–Trinajstić information content (AvgIpc) is 3.38. The first-order valence-electron chi connectivity index (χ1n) is 9.83. The first-order valence-corrected chi connectivity index (χ1v) is 9.83. The van der Waals surface area contributed by atoms with E-state index in [0.29, 0.717) is 37.4 Å². The molecule has 4 aromatic heterocycles. The van der Waals surface area contributed by atoms with Crippen LogP contribution < -0.4 is 10.2 Å². The number of hydrogen-bond acceptors (Lipinski definition) is 8. The highest BCUT2D eigenvalue weighted by molar-refractivity contribution is 5.95. The maximum atomic E-state index is 12.4. The first-order chi connectivity index (χ1) is 14.7. The fourth-order valence-electron chi connectivity index (χ4n) is 3.57. The average molecular weight is 407 g/mol. The molecule has 0 unspecified atom stereocenters. The lowest BCUT2D eigenvalue weighted by molar-refractivity contribution is 0.0926. The van der Waals surface area contributed by atoms with Gasteiger partial charge in [-0.25, -0.2) is 19.6 Å². The van der Waals surface area contributed by atoms with Crippen LogP contribution in [0.15, 0.2) is 35.1 Å². The van der Waals surface area contributed by atoms with Crippen LogP contribution in [-0.4, -0.2) is 63.5 Å². The topological polar surface area (TPSA) is 111 Å². The molecule has 30 heavy (non-hydrogen) atoms. The molecule has 1 aliphatic rings. The number of nitrogens with one attached hydrogen (secondary N) is 1.